The van der Waals surface area contributed by atoms with E-state index in [1.165, 1.54) is 5.01 Å². The number of carbonyl (C=O) groups is 2. The van der Waals surface area contributed by atoms with Gasteiger partial charge in [0.05, 0.1) is 27.6 Å². The summed E-state index contributed by atoms with van der Waals surface area (Å²) in [5.74, 6) is -0.210. The Kier molecular flexibility index (Phi) is 3.03. The maximum atomic E-state index is 12.7. The van der Waals surface area contributed by atoms with E-state index in [-0.39, 0.29) is 35.5 Å². The van der Waals surface area contributed by atoms with Gasteiger partial charge in [-0.2, -0.15) is 5.01 Å². The maximum absolute atomic E-state index is 12.7. The van der Waals surface area contributed by atoms with Crippen LogP contribution in [0.25, 0.3) is 0 Å². The van der Waals surface area contributed by atoms with Crippen LogP contribution in [0.1, 0.15) is 6.42 Å². The van der Waals surface area contributed by atoms with Gasteiger partial charge in [-0.3, -0.25) is 14.6 Å². The summed E-state index contributed by atoms with van der Waals surface area (Å²) in [5.41, 5.74) is 0.663. The quantitative estimate of drug-likeness (QED) is 0.615. The minimum Gasteiger partial charge on any atom is -0.279 e. The van der Waals surface area contributed by atoms with Gasteiger partial charge in [0.25, 0.3) is 11.8 Å². The average Bonchev–Trinajstić information content (AvgIpc) is 3.16. The number of hydrogen-bond acceptors (Lipinski definition) is 3. The fourth-order valence-corrected chi connectivity index (χ4v) is 4.28. The molecular formula is C16H14Cl2N2O2. The van der Waals surface area contributed by atoms with E-state index in [2.05, 4.69) is 12.2 Å². The van der Waals surface area contributed by atoms with Gasteiger partial charge < -0.3 is 0 Å². The molecule has 6 heteroatoms. The number of hydrazine groups is 1. The third-order valence-corrected chi connectivity index (χ3v) is 5.76. The zero-order chi connectivity index (χ0) is 15.6. The Balaban J connectivity index is 1.67. The van der Waals surface area contributed by atoms with E-state index in [0.29, 0.717) is 15.7 Å². The van der Waals surface area contributed by atoms with Crippen molar-refractivity contribution in [2.24, 2.45) is 23.7 Å². The molecule has 4 nitrogen and oxygen atoms in total. The molecule has 0 spiro atoms. The molecule has 0 N–H and O–H groups in total. The lowest BCUT2D eigenvalue weighted by Gasteiger charge is -2.29. The number of imide groups is 1. The number of rotatable bonds is 2. The van der Waals surface area contributed by atoms with E-state index < -0.39 is 0 Å². The Bertz CT molecular complexity index is 688. The molecular weight excluding hydrogens is 323 g/mol. The molecule has 2 aliphatic carbocycles. The number of anilines is 1. The molecule has 1 aromatic carbocycles. The number of fused-ring (bicyclic) bond motifs is 5. The molecule has 1 aliphatic heterocycles. The predicted molar refractivity (Wildman–Crippen MR) is 84.4 cm³/mol. The summed E-state index contributed by atoms with van der Waals surface area (Å²) in [4.78, 5) is 25.4. The largest absolute Gasteiger partial charge is 0.279 e. The summed E-state index contributed by atoms with van der Waals surface area (Å²) in [6.07, 6.45) is 5.09. The van der Waals surface area contributed by atoms with Crippen molar-refractivity contribution in [2.75, 3.05) is 12.1 Å². The molecule has 114 valence electrons. The van der Waals surface area contributed by atoms with Crippen LogP contribution in [0.4, 0.5) is 5.69 Å². The molecule has 0 aromatic heterocycles. The van der Waals surface area contributed by atoms with E-state index in [1.807, 2.05) is 0 Å². The van der Waals surface area contributed by atoms with Crippen molar-refractivity contribution in [3.8, 4) is 0 Å². The van der Waals surface area contributed by atoms with E-state index in [1.54, 1.807) is 30.3 Å². The van der Waals surface area contributed by atoms with Gasteiger partial charge in [-0.15, -0.1) is 0 Å². The monoisotopic (exact) mass is 336 g/mol. The first kappa shape index (κ1) is 14.1. The molecule has 2 fully saturated rings. The molecule has 1 aromatic rings. The topological polar surface area (TPSA) is 40.6 Å². The zero-order valence-electron chi connectivity index (χ0n) is 11.9. The highest BCUT2D eigenvalue weighted by molar-refractivity contribution is 6.42. The van der Waals surface area contributed by atoms with Gasteiger partial charge in [0.1, 0.15) is 0 Å². The second-order valence-electron chi connectivity index (χ2n) is 6.11. The minimum absolute atomic E-state index is 0.111. The number of amides is 2. The van der Waals surface area contributed by atoms with Gasteiger partial charge in [0.15, 0.2) is 0 Å². The van der Waals surface area contributed by atoms with Crippen molar-refractivity contribution in [2.45, 2.75) is 6.42 Å². The molecule has 1 saturated heterocycles. The fourth-order valence-electron chi connectivity index (χ4n) is 3.98. The number of carbonyl (C=O) groups excluding carboxylic acids is 2. The number of allylic oxidation sites excluding steroid dienone is 2. The van der Waals surface area contributed by atoms with E-state index >= 15 is 0 Å². The maximum Gasteiger partial charge on any atom is 0.252 e. The first-order chi connectivity index (χ1) is 10.5. The second-order valence-corrected chi connectivity index (χ2v) is 6.92. The van der Waals surface area contributed by atoms with Crippen molar-refractivity contribution < 1.29 is 9.59 Å². The summed E-state index contributed by atoms with van der Waals surface area (Å²) in [6, 6.07) is 5.06. The highest BCUT2D eigenvalue weighted by Gasteiger charge is 2.60. The standard InChI is InChI=1S/C16H14Cl2N2O2/c1-19(10-4-5-11(17)12(18)7-10)20-15(21)13-8-2-3-9(6-8)14(13)16(20)22/h2-5,7-9,13-14H,6H2,1H3/t8?,9?,13-,14+. The second kappa shape index (κ2) is 4.74. The van der Waals surface area contributed by atoms with Crippen molar-refractivity contribution in [3.05, 3.63) is 40.4 Å². The van der Waals surface area contributed by atoms with Gasteiger partial charge in [0, 0.05) is 7.05 Å². The smallest absolute Gasteiger partial charge is 0.252 e. The van der Waals surface area contributed by atoms with E-state index in [0.717, 1.165) is 6.42 Å². The Morgan fingerprint density at radius 3 is 2.18 bits per heavy atom. The SMILES string of the molecule is CN(c1ccc(Cl)c(Cl)c1)N1C(=O)[C@@H]2C3C=CC(C3)[C@@H]2C1=O. The van der Waals surface area contributed by atoms with Crippen LogP contribution in [0.2, 0.25) is 10.0 Å². The van der Waals surface area contributed by atoms with Crippen LogP contribution in [0.15, 0.2) is 30.4 Å². The summed E-state index contributed by atoms with van der Waals surface area (Å²) in [6.45, 7) is 0. The van der Waals surface area contributed by atoms with Gasteiger partial charge in [-0.1, -0.05) is 35.4 Å². The van der Waals surface area contributed by atoms with Crippen LogP contribution in [0, 0.1) is 23.7 Å². The minimum atomic E-state index is -0.201. The molecule has 1 saturated carbocycles. The molecule has 22 heavy (non-hydrogen) atoms. The summed E-state index contributed by atoms with van der Waals surface area (Å²) < 4.78 is 0. The van der Waals surface area contributed by atoms with Crippen molar-refractivity contribution in [1.29, 1.82) is 0 Å². The molecule has 0 radical (unpaired) electrons. The molecule has 1 heterocycles. The van der Waals surface area contributed by atoms with Crippen molar-refractivity contribution >= 4 is 40.7 Å². The molecule has 4 atom stereocenters. The highest BCUT2D eigenvalue weighted by atomic mass is 35.5. The van der Waals surface area contributed by atoms with Crippen LogP contribution >= 0.6 is 23.2 Å². The lowest BCUT2D eigenvalue weighted by Crippen LogP contribution is -2.45. The van der Waals surface area contributed by atoms with Gasteiger partial charge in [0.2, 0.25) is 0 Å². The van der Waals surface area contributed by atoms with Gasteiger partial charge in [-0.05, 0) is 36.5 Å². The summed E-state index contributed by atoms with van der Waals surface area (Å²) in [7, 11) is 1.70. The predicted octanol–water partition coefficient (Wildman–Crippen LogP) is 3.15. The number of hydrogen-bond donors (Lipinski definition) is 0. The van der Waals surface area contributed by atoms with Crippen molar-refractivity contribution in [3.63, 3.8) is 0 Å². The number of benzene rings is 1. The number of halogens is 2. The zero-order valence-corrected chi connectivity index (χ0v) is 13.4. The molecule has 2 amide bonds. The van der Waals surface area contributed by atoms with Gasteiger partial charge in [-0.25, -0.2) is 0 Å². The normalized spacial score (nSPS) is 32.0. The summed E-state index contributed by atoms with van der Waals surface area (Å²) >= 11 is 12.0. The Hall–Kier alpha value is -1.52. The fraction of sp³-hybridized carbons (Fsp3) is 0.375. The summed E-state index contributed by atoms with van der Waals surface area (Å²) in [5, 5.41) is 3.68. The molecule has 2 bridgehead atoms. The van der Waals surface area contributed by atoms with Crippen molar-refractivity contribution in [1.82, 2.24) is 5.01 Å². The third kappa shape index (κ3) is 1.77. The lowest BCUT2D eigenvalue weighted by molar-refractivity contribution is -0.141. The average molecular weight is 337 g/mol. The van der Waals surface area contributed by atoms with Crippen LogP contribution < -0.4 is 5.01 Å². The van der Waals surface area contributed by atoms with Crippen LogP contribution in [-0.4, -0.2) is 23.9 Å². The molecule has 3 aliphatic rings. The molecule has 2 unspecified atom stereocenters. The van der Waals surface area contributed by atoms with Gasteiger partial charge >= 0.3 is 0 Å². The highest BCUT2D eigenvalue weighted by Crippen LogP contribution is 2.52. The van der Waals surface area contributed by atoms with Crippen LogP contribution in [-0.2, 0) is 9.59 Å². The van der Waals surface area contributed by atoms with E-state index in [9.17, 15) is 9.59 Å². The molecule has 4 rings (SSSR count). The first-order valence-corrected chi connectivity index (χ1v) is 7.99. The Labute approximate surface area is 138 Å². The number of nitrogens with zero attached hydrogens (tertiary/aromatic N) is 2. The Morgan fingerprint density at radius 2 is 1.64 bits per heavy atom. The van der Waals surface area contributed by atoms with Crippen LogP contribution in [0.5, 0.6) is 0 Å². The third-order valence-electron chi connectivity index (χ3n) is 5.02. The lowest BCUT2D eigenvalue weighted by atomic mass is 9.85. The Morgan fingerprint density at radius 1 is 1.05 bits per heavy atom. The first-order valence-electron chi connectivity index (χ1n) is 7.24. The van der Waals surface area contributed by atoms with Crippen LogP contribution in [0.3, 0.4) is 0 Å². The van der Waals surface area contributed by atoms with E-state index in [4.69, 9.17) is 23.2 Å².